The molecule has 0 radical (unpaired) electrons. The van der Waals surface area contributed by atoms with E-state index >= 15 is 4.79 Å². The number of carbonyl (C=O) groups is 1. The Bertz CT molecular complexity index is 2070. The molecule has 450 valence electrons. The second-order valence-corrected chi connectivity index (χ2v) is 26.0. The Hall–Kier alpha value is -1.47. The number of hydrogen-bond acceptors (Lipinski definition) is 23. The smallest absolute Gasteiger partial charge is 0.187 e. The zero-order valence-corrected chi connectivity index (χ0v) is 46.5. The van der Waals surface area contributed by atoms with Crippen LogP contribution in [0.15, 0.2) is 11.6 Å². The van der Waals surface area contributed by atoms with Gasteiger partial charge in [-0.3, -0.25) is 4.79 Å². The summed E-state index contributed by atoms with van der Waals surface area (Å²) in [5.74, 6) is -0.713. The molecule has 0 amide bonds. The fraction of sp³-hybridized carbons (Fsp3) is 0.945. The van der Waals surface area contributed by atoms with Crippen molar-refractivity contribution in [1.82, 2.24) is 0 Å². The van der Waals surface area contributed by atoms with Crippen LogP contribution in [-0.4, -0.2) is 238 Å². The predicted octanol–water partition coefficient (Wildman–Crippen LogP) is -1.75. The van der Waals surface area contributed by atoms with Gasteiger partial charge in [-0.25, -0.2) is 0 Å². The van der Waals surface area contributed by atoms with Gasteiger partial charge in [-0.1, -0.05) is 60.1 Å². The van der Waals surface area contributed by atoms with Crippen molar-refractivity contribution >= 4 is 5.78 Å². The number of carbonyl (C=O) groups excluding carboxylic acids is 1. The zero-order valence-electron chi connectivity index (χ0n) is 46.5. The lowest BCUT2D eigenvalue weighted by Gasteiger charge is -2.65. The van der Waals surface area contributed by atoms with Crippen molar-refractivity contribution in [2.24, 2.45) is 51.2 Å². The van der Waals surface area contributed by atoms with E-state index in [0.29, 0.717) is 32.1 Å². The van der Waals surface area contributed by atoms with E-state index in [2.05, 4.69) is 47.6 Å². The molecule has 0 spiro atoms. The van der Waals surface area contributed by atoms with Crippen molar-refractivity contribution in [2.45, 2.75) is 248 Å². The van der Waals surface area contributed by atoms with Gasteiger partial charge >= 0.3 is 0 Å². The lowest BCUT2D eigenvalue weighted by atomic mass is 9.38. The molecule has 4 heterocycles. The summed E-state index contributed by atoms with van der Waals surface area (Å²) in [7, 11) is 0. The number of ketones is 1. The van der Waals surface area contributed by atoms with Gasteiger partial charge in [0, 0.05) is 23.2 Å². The SMILES string of the molecule is C[C@H]1[C@H](O[C@H]2[C@H](O[C@H](CC[C@@H](C)C3CC[C@@]4(C)C5CC=C6C(CC[C@H](O[C@@H]7O[C@H](CO)[C@@H](O)[C@H](O)[C@H]7O)C6(C)C)[C@]5(C)C(=O)C[C@]34C)C(C)(C)O)O[C@H](CO[C@H]3O[C@H](CO)[C@@H](O)[C@H](O)[C@H]3O)[C@@H](O)[C@@H]2O)O[C@H](CO)[C@@H](O)[C@@H]1O. The van der Waals surface area contributed by atoms with E-state index < -0.39 is 183 Å². The van der Waals surface area contributed by atoms with Gasteiger partial charge in [-0.05, 0) is 93.3 Å². The minimum absolute atomic E-state index is 0.00250. The minimum Gasteiger partial charge on any atom is -0.394 e. The average Bonchev–Trinajstić information content (AvgIpc) is 3.87. The number of aliphatic hydroxyl groups is 14. The fourth-order valence-corrected chi connectivity index (χ4v) is 15.5. The largest absolute Gasteiger partial charge is 0.394 e. The maximum absolute atomic E-state index is 15.2. The fourth-order valence-electron chi connectivity index (χ4n) is 15.5. The third kappa shape index (κ3) is 10.9. The van der Waals surface area contributed by atoms with Crippen LogP contribution in [0.4, 0.5) is 0 Å². The van der Waals surface area contributed by atoms with Gasteiger partial charge in [0.05, 0.1) is 50.3 Å². The predicted molar refractivity (Wildman–Crippen MR) is 270 cm³/mol. The molecule has 3 unspecified atom stereocenters. The maximum Gasteiger partial charge on any atom is 0.187 e. The molecule has 23 nitrogen and oxygen atoms in total. The van der Waals surface area contributed by atoms with E-state index in [1.165, 1.54) is 6.92 Å². The average molecular weight is 1120 g/mol. The first-order chi connectivity index (χ1) is 36.4. The Morgan fingerprint density at radius 2 is 1.18 bits per heavy atom. The van der Waals surface area contributed by atoms with Crippen LogP contribution >= 0.6 is 0 Å². The Balaban J connectivity index is 0.988. The first-order valence-corrected chi connectivity index (χ1v) is 28.2. The second-order valence-electron chi connectivity index (χ2n) is 26.0. The topological polar surface area (TPSA) is 374 Å². The number of Topliss-reactive ketones (excluding diaryl/α,β-unsaturated/α-hetero) is 1. The lowest BCUT2D eigenvalue weighted by molar-refractivity contribution is -0.375. The number of allylic oxidation sites excluding steroid dienone is 1. The number of ether oxygens (including phenoxy) is 8. The van der Waals surface area contributed by atoms with Crippen LogP contribution in [-0.2, 0) is 42.7 Å². The summed E-state index contributed by atoms with van der Waals surface area (Å²) in [5.41, 5.74) is -2.41. The monoisotopic (exact) mass is 1120 g/mol. The molecule has 78 heavy (non-hydrogen) atoms. The number of rotatable bonds is 17. The maximum atomic E-state index is 15.2. The highest BCUT2D eigenvalue weighted by Gasteiger charge is 2.71. The highest BCUT2D eigenvalue weighted by atomic mass is 16.8. The zero-order chi connectivity index (χ0) is 57.5. The standard InChI is InChI=1S/C55H92O23/c1-23(25-16-17-53(7)32-13-11-26-27(55(32,9)33(59)18-54(25,53)8)12-15-34(51(26,3)4)76-49-45(69)42(66)39(63)30(21-58)74-49)10-14-35(52(5,6)70)77-50-46(78-47-24(2)36(60)37(61)28(19-56)72-47)43(67)40(64)31(75-50)22-71-48-44(68)41(65)38(62)29(20-57)73-48/h11,23-25,27-32,34-50,56-58,60-70H,10,12-22H2,1-9H3/t23-,24-,25?,27?,28-,29-,30-,31-,32?,34+,35-,36-,37-,38-,39-,40-,41+,42+,43+,44-,45-,46-,47+,48+,49+,50+,53+,54-,55+/m1/s1. The van der Waals surface area contributed by atoms with E-state index in [0.717, 1.165) is 18.4 Å². The van der Waals surface area contributed by atoms with Gasteiger partial charge in [-0.15, -0.1) is 0 Å². The summed E-state index contributed by atoms with van der Waals surface area (Å²) in [6.07, 6.45) is -23.5. The van der Waals surface area contributed by atoms with Crippen molar-refractivity contribution < 1.29 is 114 Å². The minimum atomic E-state index is -1.83. The molecule has 0 aromatic carbocycles. The van der Waals surface area contributed by atoms with Gasteiger partial charge in [0.1, 0.15) is 91.2 Å². The molecule has 4 saturated heterocycles. The highest BCUT2D eigenvalue weighted by molar-refractivity contribution is 5.88. The second kappa shape index (κ2) is 23.5. The molecular formula is C55H92O23. The van der Waals surface area contributed by atoms with E-state index in [-0.39, 0.29) is 41.3 Å². The van der Waals surface area contributed by atoms with Gasteiger partial charge in [0.2, 0.25) is 0 Å². The quantitative estimate of drug-likeness (QED) is 0.0718. The molecule has 8 rings (SSSR count). The van der Waals surface area contributed by atoms with Crippen LogP contribution < -0.4 is 0 Å². The van der Waals surface area contributed by atoms with E-state index in [1.807, 2.05) is 0 Å². The van der Waals surface area contributed by atoms with Crippen LogP contribution in [0, 0.1) is 51.2 Å². The molecule has 8 aliphatic rings. The third-order valence-electron chi connectivity index (χ3n) is 20.9. The molecule has 7 fully saturated rings. The first-order valence-electron chi connectivity index (χ1n) is 28.2. The number of hydrogen-bond donors (Lipinski definition) is 14. The summed E-state index contributed by atoms with van der Waals surface area (Å²) < 4.78 is 48.4. The Morgan fingerprint density at radius 3 is 1.77 bits per heavy atom. The van der Waals surface area contributed by atoms with E-state index in [4.69, 9.17) is 37.9 Å². The molecule has 4 aliphatic carbocycles. The summed E-state index contributed by atoms with van der Waals surface area (Å²) in [6.45, 7) is 15.1. The van der Waals surface area contributed by atoms with Crippen LogP contribution in [0.1, 0.15) is 114 Å². The molecule has 23 heteroatoms. The molecular weight excluding hydrogens is 1030 g/mol. The van der Waals surface area contributed by atoms with Crippen molar-refractivity contribution in [3.05, 3.63) is 11.6 Å². The summed E-state index contributed by atoms with van der Waals surface area (Å²) in [6, 6.07) is 0. The third-order valence-corrected chi connectivity index (χ3v) is 20.9. The van der Waals surface area contributed by atoms with Gasteiger partial charge in [-0.2, -0.15) is 0 Å². The van der Waals surface area contributed by atoms with Gasteiger partial charge in [0.25, 0.3) is 0 Å². The van der Waals surface area contributed by atoms with Crippen molar-refractivity contribution in [3.8, 4) is 0 Å². The molecule has 4 aliphatic heterocycles. The Labute approximate surface area is 456 Å². The molecule has 14 N–H and O–H groups in total. The Morgan fingerprint density at radius 1 is 0.641 bits per heavy atom. The molecule has 3 saturated carbocycles. The number of aliphatic hydroxyl groups excluding tert-OH is 13. The number of fused-ring (bicyclic) bond motifs is 5. The van der Waals surface area contributed by atoms with Gasteiger partial charge in [0.15, 0.2) is 25.2 Å². The Kier molecular flexibility index (Phi) is 18.9. The molecule has 0 aromatic heterocycles. The molecule has 29 atom stereocenters. The summed E-state index contributed by atoms with van der Waals surface area (Å²) in [5, 5.41) is 149. The summed E-state index contributed by atoms with van der Waals surface area (Å²) in [4.78, 5) is 15.2. The van der Waals surface area contributed by atoms with E-state index in [1.54, 1.807) is 13.8 Å². The van der Waals surface area contributed by atoms with Crippen molar-refractivity contribution in [2.75, 3.05) is 26.4 Å². The first kappa shape index (κ1) is 62.6. The summed E-state index contributed by atoms with van der Waals surface area (Å²) >= 11 is 0. The van der Waals surface area contributed by atoms with Crippen LogP contribution in [0.3, 0.4) is 0 Å². The van der Waals surface area contributed by atoms with E-state index in [9.17, 15) is 71.5 Å². The normalized spacial score (nSPS) is 50.5. The van der Waals surface area contributed by atoms with Crippen LogP contribution in [0.5, 0.6) is 0 Å². The van der Waals surface area contributed by atoms with Crippen molar-refractivity contribution in [3.63, 3.8) is 0 Å². The molecule has 0 aromatic rings. The lowest BCUT2D eigenvalue weighted by Crippen LogP contribution is -2.64. The molecule has 0 bridgehead atoms. The van der Waals surface area contributed by atoms with Crippen LogP contribution in [0.25, 0.3) is 0 Å². The highest BCUT2D eigenvalue weighted by Crippen LogP contribution is 2.74. The van der Waals surface area contributed by atoms with Crippen LogP contribution in [0.2, 0.25) is 0 Å². The van der Waals surface area contributed by atoms with Crippen molar-refractivity contribution in [1.29, 1.82) is 0 Å². The van der Waals surface area contributed by atoms with Gasteiger partial charge < -0.3 is 109 Å².